The first-order chi connectivity index (χ1) is 9.04. The van der Waals surface area contributed by atoms with Gasteiger partial charge in [0.05, 0.1) is 34.6 Å². The smallest absolute Gasteiger partial charge is 0.340 e. The number of carbonyl (C=O) groups is 2. The lowest BCUT2D eigenvalue weighted by molar-refractivity contribution is 0.0600. The molecule has 5 nitrogen and oxygen atoms in total. The largest absolute Gasteiger partial charge is 0.465 e. The fourth-order valence-electron chi connectivity index (χ4n) is 2.10. The van der Waals surface area contributed by atoms with Crippen LogP contribution in [0.15, 0.2) is 22.8 Å². The summed E-state index contributed by atoms with van der Waals surface area (Å²) in [5.41, 5.74) is 0.592. The van der Waals surface area contributed by atoms with Crippen molar-refractivity contribution in [2.45, 2.75) is 0 Å². The second kappa shape index (κ2) is 3.99. The number of carbonyl (C=O) groups excluding carboxylic acids is 2. The third-order valence-corrected chi connectivity index (χ3v) is 3.46. The van der Waals surface area contributed by atoms with Gasteiger partial charge in [0.2, 0.25) is 5.78 Å². The van der Waals surface area contributed by atoms with Crippen molar-refractivity contribution in [1.29, 1.82) is 0 Å². The topological polar surface area (TPSA) is 61.2 Å². The van der Waals surface area contributed by atoms with Crippen LogP contribution >= 0.6 is 15.9 Å². The molecule has 0 atom stereocenters. The molecule has 1 aromatic carbocycles. The Bertz CT molecular complexity index is 739. The van der Waals surface area contributed by atoms with Gasteiger partial charge >= 0.3 is 5.97 Å². The molecule has 96 valence electrons. The van der Waals surface area contributed by atoms with Crippen molar-refractivity contribution >= 4 is 27.7 Å². The summed E-state index contributed by atoms with van der Waals surface area (Å²) in [6.07, 6.45) is 1.45. The van der Waals surface area contributed by atoms with Crippen LogP contribution in [-0.4, -0.2) is 28.6 Å². The molecule has 0 bridgehead atoms. The molecule has 1 aromatic heterocycles. The summed E-state index contributed by atoms with van der Waals surface area (Å²) < 4.78 is 19.9. The van der Waals surface area contributed by atoms with Gasteiger partial charge in [0.1, 0.15) is 11.5 Å². The molecular formula is C12H6BrFN2O3. The molecule has 0 saturated carbocycles. The highest BCUT2D eigenvalue weighted by molar-refractivity contribution is 9.10. The zero-order valence-corrected chi connectivity index (χ0v) is 11.2. The summed E-state index contributed by atoms with van der Waals surface area (Å²) in [6, 6.07) is 2.12. The van der Waals surface area contributed by atoms with Gasteiger partial charge in [-0.2, -0.15) is 5.10 Å². The highest BCUT2D eigenvalue weighted by Gasteiger charge is 2.34. The van der Waals surface area contributed by atoms with Gasteiger partial charge in [0.15, 0.2) is 0 Å². The number of halogens is 2. The van der Waals surface area contributed by atoms with E-state index in [0.717, 1.165) is 12.1 Å². The maximum Gasteiger partial charge on any atom is 0.340 e. The van der Waals surface area contributed by atoms with E-state index in [9.17, 15) is 14.0 Å². The maximum atomic E-state index is 13.5. The highest BCUT2D eigenvalue weighted by atomic mass is 79.9. The minimum absolute atomic E-state index is 0.0276. The lowest BCUT2D eigenvalue weighted by Gasteiger charge is -2.07. The fourth-order valence-corrected chi connectivity index (χ4v) is 2.54. The van der Waals surface area contributed by atoms with Gasteiger partial charge in [-0.15, -0.1) is 0 Å². The minimum atomic E-state index is -0.719. The number of hydrogen-bond donors (Lipinski definition) is 0. The van der Waals surface area contributed by atoms with Gasteiger partial charge in [-0.3, -0.25) is 4.79 Å². The average Bonchev–Trinajstić information content (AvgIpc) is 2.89. The summed E-state index contributed by atoms with van der Waals surface area (Å²) in [4.78, 5) is 23.9. The molecule has 0 saturated heterocycles. The average molecular weight is 325 g/mol. The van der Waals surface area contributed by atoms with Crippen molar-refractivity contribution in [2.24, 2.45) is 0 Å². The lowest BCUT2D eigenvalue weighted by Crippen LogP contribution is -2.09. The molecule has 0 spiro atoms. The predicted octanol–water partition coefficient (Wildman–Crippen LogP) is 2.10. The number of hydrogen-bond acceptors (Lipinski definition) is 4. The zero-order valence-electron chi connectivity index (χ0n) is 9.61. The first kappa shape index (κ1) is 12.0. The molecule has 19 heavy (non-hydrogen) atoms. The SMILES string of the molecule is COC(=O)c1cc(F)cc2c1-n1ncc(Br)c1C2=O. The van der Waals surface area contributed by atoms with Crippen LogP contribution in [0.1, 0.15) is 26.4 Å². The second-order valence-electron chi connectivity index (χ2n) is 3.92. The summed E-state index contributed by atoms with van der Waals surface area (Å²) in [7, 11) is 1.19. The lowest BCUT2D eigenvalue weighted by atomic mass is 10.1. The van der Waals surface area contributed by atoms with Gasteiger partial charge in [-0.05, 0) is 28.1 Å². The molecule has 1 aliphatic rings. The summed E-state index contributed by atoms with van der Waals surface area (Å²) in [5.74, 6) is -1.78. The quantitative estimate of drug-likeness (QED) is 0.643. The Morgan fingerprint density at radius 3 is 2.89 bits per heavy atom. The molecule has 0 N–H and O–H groups in total. The molecule has 3 rings (SSSR count). The number of ketones is 1. The van der Waals surface area contributed by atoms with Crippen molar-refractivity contribution in [3.05, 3.63) is 45.4 Å². The van der Waals surface area contributed by atoms with E-state index in [2.05, 4.69) is 25.8 Å². The highest BCUT2D eigenvalue weighted by Crippen LogP contribution is 2.34. The van der Waals surface area contributed by atoms with Crippen LogP contribution in [-0.2, 0) is 4.74 Å². The van der Waals surface area contributed by atoms with Crippen molar-refractivity contribution < 1.29 is 18.7 Å². The van der Waals surface area contributed by atoms with Crippen LogP contribution in [0.4, 0.5) is 4.39 Å². The first-order valence-corrected chi connectivity index (χ1v) is 6.04. The number of fused-ring (bicyclic) bond motifs is 3. The molecule has 0 radical (unpaired) electrons. The summed E-state index contributed by atoms with van der Waals surface area (Å²) in [5, 5.41) is 4.01. The van der Waals surface area contributed by atoms with Crippen LogP contribution < -0.4 is 0 Å². The monoisotopic (exact) mass is 324 g/mol. The molecule has 2 aromatic rings. The van der Waals surface area contributed by atoms with E-state index in [0.29, 0.717) is 4.47 Å². The number of nitrogens with zero attached hydrogens (tertiary/aromatic N) is 2. The Morgan fingerprint density at radius 1 is 1.47 bits per heavy atom. The Labute approximate surface area is 115 Å². The zero-order chi connectivity index (χ0) is 13.7. The van der Waals surface area contributed by atoms with Crippen LogP contribution in [0.3, 0.4) is 0 Å². The standard InChI is InChI=1S/C12H6BrFN2O3/c1-19-12(18)7-3-5(14)2-6-9(7)16-10(11(6)17)8(13)4-15-16/h2-4H,1H3. The molecule has 2 heterocycles. The van der Waals surface area contributed by atoms with Crippen LogP contribution in [0.5, 0.6) is 0 Å². The Kier molecular flexibility index (Phi) is 2.53. The number of ether oxygens (including phenoxy) is 1. The molecule has 0 unspecified atom stereocenters. The summed E-state index contributed by atoms with van der Waals surface area (Å²) in [6.45, 7) is 0. The normalized spacial score (nSPS) is 12.3. The maximum absolute atomic E-state index is 13.5. The second-order valence-corrected chi connectivity index (χ2v) is 4.78. The Balaban J connectivity index is 2.38. The fraction of sp³-hybridized carbons (Fsp3) is 0.0833. The van der Waals surface area contributed by atoms with E-state index >= 15 is 0 Å². The van der Waals surface area contributed by atoms with E-state index in [1.165, 1.54) is 18.0 Å². The molecular weight excluding hydrogens is 319 g/mol. The third-order valence-electron chi connectivity index (χ3n) is 2.88. The van der Waals surface area contributed by atoms with Crippen molar-refractivity contribution in [2.75, 3.05) is 7.11 Å². The number of rotatable bonds is 1. The van der Waals surface area contributed by atoms with Gasteiger partial charge in [0.25, 0.3) is 0 Å². The van der Waals surface area contributed by atoms with E-state index < -0.39 is 11.8 Å². The number of aromatic nitrogens is 2. The van der Waals surface area contributed by atoms with Crippen molar-refractivity contribution in [3.63, 3.8) is 0 Å². The minimum Gasteiger partial charge on any atom is -0.465 e. The van der Waals surface area contributed by atoms with E-state index in [-0.39, 0.29) is 28.3 Å². The van der Waals surface area contributed by atoms with Gasteiger partial charge in [-0.1, -0.05) is 0 Å². The van der Waals surface area contributed by atoms with Crippen molar-refractivity contribution in [3.8, 4) is 5.69 Å². The summed E-state index contributed by atoms with van der Waals surface area (Å²) >= 11 is 3.20. The van der Waals surface area contributed by atoms with Gasteiger partial charge in [0, 0.05) is 0 Å². The molecule has 1 aliphatic heterocycles. The number of benzene rings is 1. The number of methoxy groups -OCH3 is 1. The Hall–Kier alpha value is -2.02. The van der Waals surface area contributed by atoms with Crippen molar-refractivity contribution in [1.82, 2.24) is 9.78 Å². The van der Waals surface area contributed by atoms with Crippen LogP contribution in [0.25, 0.3) is 5.69 Å². The third kappa shape index (κ3) is 1.54. The Morgan fingerprint density at radius 2 is 2.21 bits per heavy atom. The van der Waals surface area contributed by atoms with Crippen LogP contribution in [0, 0.1) is 5.82 Å². The van der Waals surface area contributed by atoms with Gasteiger partial charge < -0.3 is 4.74 Å². The first-order valence-electron chi connectivity index (χ1n) is 5.25. The molecule has 7 heteroatoms. The molecule has 0 amide bonds. The molecule has 0 aliphatic carbocycles. The van der Waals surface area contributed by atoms with Gasteiger partial charge in [-0.25, -0.2) is 13.9 Å². The number of esters is 1. The van der Waals surface area contributed by atoms with E-state index in [1.807, 2.05) is 0 Å². The predicted molar refractivity (Wildman–Crippen MR) is 66.0 cm³/mol. The van der Waals surface area contributed by atoms with E-state index in [4.69, 9.17) is 0 Å². The van der Waals surface area contributed by atoms with E-state index in [1.54, 1.807) is 0 Å². The molecule has 0 fully saturated rings. The van der Waals surface area contributed by atoms with Crippen LogP contribution in [0.2, 0.25) is 0 Å².